The first kappa shape index (κ1) is 10.2. The van der Waals surface area contributed by atoms with Crippen molar-refractivity contribution >= 4 is 5.97 Å². The van der Waals surface area contributed by atoms with Crippen molar-refractivity contribution in [3.05, 3.63) is 35.4 Å². The number of aliphatic hydroxyl groups is 1. The normalized spacial score (nSPS) is 20.9. The van der Waals surface area contributed by atoms with Crippen molar-refractivity contribution in [1.29, 1.82) is 0 Å². The number of carbonyl (C=O) groups excluding carboxylic acids is 1. The van der Waals surface area contributed by atoms with E-state index in [2.05, 4.69) is 0 Å². The number of fused-ring (bicyclic) bond motifs is 1. The second-order valence-electron chi connectivity index (χ2n) is 3.91. The lowest BCUT2D eigenvalue weighted by Crippen LogP contribution is -2.05. The molecule has 1 aliphatic heterocycles. The van der Waals surface area contributed by atoms with Gasteiger partial charge in [-0.1, -0.05) is 18.2 Å². The van der Waals surface area contributed by atoms with E-state index in [1.54, 1.807) is 13.0 Å². The van der Waals surface area contributed by atoms with E-state index < -0.39 is 0 Å². The van der Waals surface area contributed by atoms with Gasteiger partial charge in [0.05, 0.1) is 11.7 Å². The Bertz CT molecular complexity index is 371. The molecule has 0 spiro atoms. The summed E-state index contributed by atoms with van der Waals surface area (Å²) in [6.07, 6.45) is 0.798. The van der Waals surface area contributed by atoms with Gasteiger partial charge in [0.25, 0.3) is 0 Å². The van der Waals surface area contributed by atoms with Crippen molar-refractivity contribution in [1.82, 2.24) is 0 Å². The van der Waals surface area contributed by atoms with Gasteiger partial charge in [-0.3, -0.25) is 0 Å². The fourth-order valence-corrected chi connectivity index (χ4v) is 1.83. The molecule has 2 atom stereocenters. The summed E-state index contributed by atoms with van der Waals surface area (Å²) in [4.78, 5) is 11.4. The highest BCUT2D eigenvalue weighted by atomic mass is 16.5. The fourth-order valence-electron chi connectivity index (χ4n) is 1.83. The number of esters is 1. The van der Waals surface area contributed by atoms with Crippen LogP contribution in [0.5, 0.6) is 0 Å². The van der Waals surface area contributed by atoms with Crippen LogP contribution in [-0.4, -0.2) is 17.2 Å². The van der Waals surface area contributed by atoms with E-state index in [1.165, 1.54) is 0 Å². The van der Waals surface area contributed by atoms with Crippen LogP contribution in [0.1, 0.15) is 41.8 Å². The molecule has 0 fully saturated rings. The number of cyclic esters (lactones) is 1. The molecule has 1 aromatic rings. The van der Waals surface area contributed by atoms with E-state index in [9.17, 15) is 9.90 Å². The Kier molecular flexibility index (Phi) is 2.73. The van der Waals surface area contributed by atoms with Crippen molar-refractivity contribution < 1.29 is 14.6 Å². The second-order valence-corrected chi connectivity index (χ2v) is 3.91. The third-order valence-corrected chi connectivity index (χ3v) is 2.62. The predicted octanol–water partition coefficient (Wildman–Crippen LogP) is 2.06. The van der Waals surface area contributed by atoms with Crippen LogP contribution in [0.3, 0.4) is 0 Å². The molecular formula is C12H14O3. The second kappa shape index (κ2) is 4.03. The molecule has 3 heteroatoms. The Hall–Kier alpha value is -1.35. The summed E-state index contributed by atoms with van der Waals surface area (Å²) in [7, 11) is 0. The zero-order chi connectivity index (χ0) is 10.8. The van der Waals surface area contributed by atoms with Gasteiger partial charge >= 0.3 is 5.97 Å². The molecule has 0 aromatic heterocycles. The molecule has 1 heterocycles. The van der Waals surface area contributed by atoms with Crippen molar-refractivity contribution in [3.63, 3.8) is 0 Å². The van der Waals surface area contributed by atoms with Crippen LogP contribution in [0.15, 0.2) is 24.3 Å². The third kappa shape index (κ3) is 2.02. The Labute approximate surface area is 88.7 Å². The lowest BCUT2D eigenvalue weighted by atomic mass is 10.0. The molecule has 3 nitrogen and oxygen atoms in total. The Morgan fingerprint density at radius 1 is 1.47 bits per heavy atom. The number of hydrogen-bond acceptors (Lipinski definition) is 3. The van der Waals surface area contributed by atoms with Crippen molar-refractivity contribution in [2.75, 3.05) is 0 Å². The van der Waals surface area contributed by atoms with E-state index in [4.69, 9.17) is 4.74 Å². The zero-order valence-electron chi connectivity index (χ0n) is 8.64. The molecule has 1 N–H and O–H groups in total. The van der Waals surface area contributed by atoms with E-state index in [-0.39, 0.29) is 18.2 Å². The van der Waals surface area contributed by atoms with Crippen molar-refractivity contribution in [2.24, 2.45) is 0 Å². The molecule has 0 radical (unpaired) electrons. The first-order valence-electron chi connectivity index (χ1n) is 5.16. The van der Waals surface area contributed by atoms with Gasteiger partial charge in [-0.25, -0.2) is 4.79 Å². The van der Waals surface area contributed by atoms with Crippen LogP contribution in [0.4, 0.5) is 0 Å². The number of carbonyl (C=O) groups is 1. The molecular weight excluding hydrogens is 192 g/mol. The lowest BCUT2D eigenvalue weighted by Gasteiger charge is -2.11. The maximum atomic E-state index is 11.4. The Morgan fingerprint density at radius 2 is 2.20 bits per heavy atom. The standard InChI is InChI=1S/C12H14O3/c1-8(13)6-7-11-9-4-2-3-5-10(9)12(14)15-11/h2-5,8,11,13H,6-7H2,1H3/t8-,11-/m1/s1. The van der Waals surface area contributed by atoms with E-state index in [0.717, 1.165) is 5.56 Å². The fraction of sp³-hybridized carbons (Fsp3) is 0.417. The van der Waals surface area contributed by atoms with Gasteiger partial charge in [0.2, 0.25) is 0 Å². The van der Waals surface area contributed by atoms with Crippen LogP contribution in [0.25, 0.3) is 0 Å². The highest BCUT2D eigenvalue weighted by molar-refractivity contribution is 5.93. The van der Waals surface area contributed by atoms with E-state index >= 15 is 0 Å². The van der Waals surface area contributed by atoms with Crippen LogP contribution >= 0.6 is 0 Å². The highest BCUT2D eigenvalue weighted by Crippen LogP contribution is 2.33. The molecule has 1 aromatic carbocycles. The molecule has 2 rings (SSSR count). The van der Waals surface area contributed by atoms with Gasteiger partial charge in [0, 0.05) is 5.56 Å². The molecule has 0 unspecified atom stereocenters. The smallest absolute Gasteiger partial charge is 0.339 e. The van der Waals surface area contributed by atoms with E-state index in [0.29, 0.717) is 18.4 Å². The number of hydrogen-bond donors (Lipinski definition) is 1. The van der Waals surface area contributed by atoms with Crippen LogP contribution in [-0.2, 0) is 4.74 Å². The average molecular weight is 206 g/mol. The SMILES string of the molecule is C[C@@H](O)CC[C@H]1OC(=O)c2ccccc21. The Morgan fingerprint density at radius 3 is 2.93 bits per heavy atom. The van der Waals surface area contributed by atoms with Crippen LogP contribution in [0, 0.1) is 0 Å². The summed E-state index contributed by atoms with van der Waals surface area (Å²) in [6, 6.07) is 7.42. The van der Waals surface area contributed by atoms with Gasteiger partial charge in [0.15, 0.2) is 0 Å². The summed E-state index contributed by atoms with van der Waals surface area (Å²) in [5, 5.41) is 9.19. The summed E-state index contributed by atoms with van der Waals surface area (Å²) in [6.45, 7) is 1.74. The summed E-state index contributed by atoms with van der Waals surface area (Å²) in [5.41, 5.74) is 1.61. The highest BCUT2D eigenvalue weighted by Gasteiger charge is 2.30. The van der Waals surface area contributed by atoms with Crippen molar-refractivity contribution in [2.45, 2.75) is 32.0 Å². The van der Waals surface area contributed by atoms with Gasteiger partial charge in [-0.15, -0.1) is 0 Å². The van der Waals surface area contributed by atoms with Crippen LogP contribution < -0.4 is 0 Å². The zero-order valence-corrected chi connectivity index (χ0v) is 8.64. The minimum atomic E-state index is -0.350. The summed E-state index contributed by atoms with van der Waals surface area (Å²) < 4.78 is 5.23. The number of rotatable bonds is 3. The molecule has 0 saturated carbocycles. The molecule has 0 saturated heterocycles. The monoisotopic (exact) mass is 206 g/mol. The number of ether oxygens (including phenoxy) is 1. The average Bonchev–Trinajstić information content (AvgIpc) is 2.54. The largest absolute Gasteiger partial charge is 0.454 e. The topological polar surface area (TPSA) is 46.5 Å². The Balaban J connectivity index is 2.14. The molecule has 1 aliphatic rings. The predicted molar refractivity (Wildman–Crippen MR) is 55.5 cm³/mol. The van der Waals surface area contributed by atoms with Gasteiger partial charge in [0.1, 0.15) is 6.10 Å². The molecule has 0 aliphatic carbocycles. The summed E-state index contributed by atoms with van der Waals surface area (Å²) in [5.74, 6) is -0.249. The van der Waals surface area contributed by atoms with Crippen LogP contribution in [0.2, 0.25) is 0 Å². The molecule has 0 bridgehead atoms. The number of aliphatic hydroxyl groups excluding tert-OH is 1. The first-order chi connectivity index (χ1) is 7.18. The van der Waals surface area contributed by atoms with Crippen molar-refractivity contribution in [3.8, 4) is 0 Å². The minimum Gasteiger partial charge on any atom is -0.454 e. The first-order valence-corrected chi connectivity index (χ1v) is 5.16. The number of benzene rings is 1. The van der Waals surface area contributed by atoms with Gasteiger partial charge in [-0.2, -0.15) is 0 Å². The lowest BCUT2D eigenvalue weighted by molar-refractivity contribution is 0.0333. The van der Waals surface area contributed by atoms with E-state index in [1.807, 2.05) is 18.2 Å². The minimum absolute atomic E-state index is 0.178. The van der Waals surface area contributed by atoms with Gasteiger partial charge in [-0.05, 0) is 25.8 Å². The quantitative estimate of drug-likeness (QED) is 0.770. The molecule has 15 heavy (non-hydrogen) atoms. The summed E-state index contributed by atoms with van der Waals surface area (Å²) >= 11 is 0. The van der Waals surface area contributed by atoms with Gasteiger partial charge < -0.3 is 9.84 Å². The maximum Gasteiger partial charge on any atom is 0.339 e. The third-order valence-electron chi connectivity index (χ3n) is 2.62. The molecule has 0 amide bonds. The molecule has 80 valence electrons. The maximum absolute atomic E-state index is 11.4.